The van der Waals surface area contributed by atoms with Crippen LogP contribution in [0.2, 0.25) is 5.02 Å². The highest BCUT2D eigenvalue weighted by molar-refractivity contribution is 6.32. The van der Waals surface area contributed by atoms with E-state index in [1.807, 2.05) is 0 Å². The number of nitrogen functional groups attached to an aromatic ring is 1. The number of oxazole rings is 1. The number of aromatic hydroxyl groups is 1. The number of anilines is 1. The molecule has 1 heterocycles. The van der Waals surface area contributed by atoms with Gasteiger partial charge in [0, 0.05) is 5.56 Å². The standard InChI is InChI=1S/C10H9ClN2O2/c1-5-9(13-10(12)15-5)6-2-3-7(11)8(14)4-6/h2-4,14H,1H3,(H2,12,13). The van der Waals surface area contributed by atoms with E-state index in [1.54, 1.807) is 19.1 Å². The summed E-state index contributed by atoms with van der Waals surface area (Å²) >= 11 is 5.69. The maximum Gasteiger partial charge on any atom is 0.292 e. The van der Waals surface area contributed by atoms with Crippen molar-refractivity contribution in [2.75, 3.05) is 5.73 Å². The molecule has 0 radical (unpaired) electrons. The molecule has 0 aliphatic heterocycles. The van der Waals surface area contributed by atoms with E-state index >= 15 is 0 Å². The minimum Gasteiger partial charge on any atom is -0.506 e. The molecule has 0 bridgehead atoms. The molecule has 3 N–H and O–H groups in total. The van der Waals surface area contributed by atoms with Crippen molar-refractivity contribution in [1.29, 1.82) is 0 Å². The van der Waals surface area contributed by atoms with Gasteiger partial charge in [0.2, 0.25) is 0 Å². The number of phenolic OH excluding ortho intramolecular Hbond substituents is 1. The Kier molecular flexibility index (Phi) is 2.28. The summed E-state index contributed by atoms with van der Waals surface area (Å²) in [4.78, 5) is 4.01. The first-order valence-corrected chi connectivity index (χ1v) is 4.67. The lowest BCUT2D eigenvalue weighted by Crippen LogP contribution is -1.84. The largest absolute Gasteiger partial charge is 0.506 e. The molecule has 1 aromatic heterocycles. The molecule has 0 fully saturated rings. The molecule has 2 rings (SSSR count). The first kappa shape index (κ1) is 9.86. The van der Waals surface area contributed by atoms with Gasteiger partial charge in [0.05, 0.1) is 5.02 Å². The van der Waals surface area contributed by atoms with Gasteiger partial charge >= 0.3 is 0 Å². The van der Waals surface area contributed by atoms with Gasteiger partial charge in [-0.2, -0.15) is 4.98 Å². The molecule has 2 aromatic rings. The third-order valence-corrected chi connectivity index (χ3v) is 2.35. The van der Waals surface area contributed by atoms with Crippen LogP contribution in [0.4, 0.5) is 6.01 Å². The first-order chi connectivity index (χ1) is 7.08. The van der Waals surface area contributed by atoms with Crippen molar-refractivity contribution in [2.45, 2.75) is 6.92 Å². The lowest BCUT2D eigenvalue weighted by molar-refractivity contribution is 0.476. The van der Waals surface area contributed by atoms with Crippen LogP contribution in [-0.2, 0) is 0 Å². The van der Waals surface area contributed by atoms with Crippen molar-refractivity contribution >= 4 is 17.6 Å². The number of rotatable bonds is 1. The summed E-state index contributed by atoms with van der Waals surface area (Å²) < 4.78 is 5.09. The van der Waals surface area contributed by atoms with Crippen molar-refractivity contribution in [1.82, 2.24) is 4.98 Å². The fourth-order valence-electron chi connectivity index (χ4n) is 1.34. The van der Waals surface area contributed by atoms with E-state index in [4.69, 9.17) is 21.8 Å². The minimum atomic E-state index is 0.00939. The van der Waals surface area contributed by atoms with Crippen molar-refractivity contribution in [3.05, 3.63) is 29.0 Å². The zero-order valence-electron chi connectivity index (χ0n) is 7.99. The van der Waals surface area contributed by atoms with Gasteiger partial charge < -0.3 is 15.3 Å². The lowest BCUT2D eigenvalue weighted by atomic mass is 10.1. The highest BCUT2D eigenvalue weighted by Crippen LogP contribution is 2.31. The van der Waals surface area contributed by atoms with Crippen LogP contribution in [0.3, 0.4) is 0 Å². The molecule has 0 aliphatic rings. The highest BCUT2D eigenvalue weighted by Gasteiger charge is 2.11. The normalized spacial score (nSPS) is 10.5. The van der Waals surface area contributed by atoms with Gasteiger partial charge in [-0.1, -0.05) is 17.7 Å². The van der Waals surface area contributed by atoms with E-state index in [0.29, 0.717) is 16.5 Å². The first-order valence-electron chi connectivity index (χ1n) is 4.29. The Balaban J connectivity index is 2.54. The van der Waals surface area contributed by atoms with Gasteiger partial charge in [-0.05, 0) is 19.1 Å². The molecule has 0 atom stereocenters. The zero-order valence-corrected chi connectivity index (χ0v) is 8.75. The Labute approximate surface area is 91.3 Å². The lowest BCUT2D eigenvalue weighted by Gasteiger charge is -2.00. The predicted octanol–water partition coefficient (Wildman–Crippen LogP) is 2.59. The number of halogens is 1. The van der Waals surface area contributed by atoms with Gasteiger partial charge in [-0.3, -0.25) is 0 Å². The number of hydrogen-bond donors (Lipinski definition) is 2. The molecule has 15 heavy (non-hydrogen) atoms. The molecule has 0 spiro atoms. The Hall–Kier alpha value is -1.68. The van der Waals surface area contributed by atoms with Crippen LogP contribution in [0.15, 0.2) is 22.6 Å². The fraction of sp³-hybridized carbons (Fsp3) is 0.100. The SMILES string of the molecule is Cc1oc(N)nc1-c1ccc(Cl)c(O)c1. The Bertz CT molecular complexity index is 508. The molecule has 0 unspecified atom stereocenters. The van der Waals surface area contributed by atoms with Crippen LogP contribution in [0, 0.1) is 6.92 Å². The Morgan fingerprint density at radius 3 is 2.73 bits per heavy atom. The summed E-state index contributed by atoms with van der Waals surface area (Å²) in [6, 6.07) is 4.96. The van der Waals surface area contributed by atoms with Gasteiger partial charge in [0.25, 0.3) is 6.01 Å². The van der Waals surface area contributed by atoms with Crippen molar-refractivity contribution in [3.8, 4) is 17.0 Å². The summed E-state index contributed by atoms with van der Waals surface area (Å²) in [6.07, 6.45) is 0. The number of benzene rings is 1. The third-order valence-electron chi connectivity index (χ3n) is 2.03. The molecule has 0 saturated carbocycles. The Morgan fingerprint density at radius 1 is 1.47 bits per heavy atom. The highest BCUT2D eigenvalue weighted by atomic mass is 35.5. The maximum absolute atomic E-state index is 9.44. The van der Waals surface area contributed by atoms with Crippen LogP contribution >= 0.6 is 11.6 Å². The van der Waals surface area contributed by atoms with Crippen LogP contribution in [0.25, 0.3) is 11.3 Å². The number of nitrogens with two attached hydrogens (primary N) is 1. The summed E-state index contributed by atoms with van der Waals surface area (Å²) in [5, 5.41) is 9.74. The molecular formula is C10H9ClN2O2. The van der Waals surface area contributed by atoms with Crippen LogP contribution < -0.4 is 5.73 Å². The Morgan fingerprint density at radius 2 is 2.20 bits per heavy atom. The molecular weight excluding hydrogens is 216 g/mol. The molecule has 0 aliphatic carbocycles. The van der Waals surface area contributed by atoms with Crippen LogP contribution in [0.1, 0.15) is 5.76 Å². The number of aryl methyl sites for hydroxylation is 1. The maximum atomic E-state index is 9.44. The van der Waals surface area contributed by atoms with Crippen molar-refractivity contribution < 1.29 is 9.52 Å². The van der Waals surface area contributed by atoms with E-state index in [-0.39, 0.29) is 11.8 Å². The summed E-state index contributed by atoms with van der Waals surface area (Å²) in [5.74, 6) is 0.615. The second-order valence-electron chi connectivity index (χ2n) is 3.12. The molecule has 0 amide bonds. The number of nitrogens with zero attached hydrogens (tertiary/aromatic N) is 1. The molecule has 78 valence electrons. The second kappa shape index (κ2) is 3.47. The monoisotopic (exact) mass is 224 g/mol. The second-order valence-corrected chi connectivity index (χ2v) is 3.53. The van der Waals surface area contributed by atoms with E-state index < -0.39 is 0 Å². The molecule has 5 heteroatoms. The summed E-state index contributed by atoms with van der Waals surface area (Å²) in [6.45, 7) is 1.75. The van der Waals surface area contributed by atoms with Crippen molar-refractivity contribution in [2.24, 2.45) is 0 Å². The van der Waals surface area contributed by atoms with E-state index in [9.17, 15) is 5.11 Å². The predicted molar refractivity (Wildman–Crippen MR) is 57.8 cm³/mol. The summed E-state index contributed by atoms with van der Waals surface area (Å²) in [5.41, 5.74) is 6.75. The van der Waals surface area contributed by atoms with E-state index in [0.717, 1.165) is 5.56 Å². The molecule has 0 saturated heterocycles. The van der Waals surface area contributed by atoms with E-state index in [2.05, 4.69) is 4.98 Å². The van der Waals surface area contributed by atoms with E-state index in [1.165, 1.54) is 6.07 Å². The number of hydrogen-bond acceptors (Lipinski definition) is 4. The average molecular weight is 225 g/mol. The molecule has 1 aromatic carbocycles. The smallest absolute Gasteiger partial charge is 0.292 e. The minimum absolute atomic E-state index is 0.00939. The topological polar surface area (TPSA) is 72.3 Å². The third kappa shape index (κ3) is 1.76. The van der Waals surface area contributed by atoms with Gasteiger partial charge in [-0.15, -0.1) is 0 Å². The number of phenols is 1. The number of aromatic nitrogens is 1. The molecule has 4 nitrogen and oxygen atoms in total. The van der Waals surface area contributed by atoms with Gasteiger partial charge in [0.15, 0.2) is 0 Å². The average Bonchev–Trinajstić information content (AvgIpc) is 2.50. The summed E-state index contributed by atoms with van der Waals surface area (Å²) in [7, 11) is 0. The fourth-order valence-corrected chi connectivity index (χ4v) is 1.46. The van der Waals surface area contributed by atoms with Crippen LogP contribution in [0.5, 0.6) is 5.75 Å². The quantitative estimate of drug-likeness (QED) is 0.781. The zero-order chi connectivity index (χ0) is 11.0. The van der Waals surface area contributed by atoms with Crippen LogP contribution in [-0.4, -0.2) is 10.1 Å². The van der Waals surface area contributed by atoms with Crippen molar-refractivity contribution in [3.63, 3.8) is 0 Å². The van der Waals surface area contributed by atoms with Gasteiger partial charge in [-0.25, -0.2) is 0 Å². The van der Waals surface area contributed by atoms with Gasteiger partial charge in [0.1, 0.15) is 17.2 Å².